The molecular weight excluding hydrogens is 445 g/mol. The van der Waals surface area contributed by atoms with Crippen LogP contribution in [0.3, 0.4) is 0 Å². The number of ether oxygens (including phenoxy) is 1. The number of hydrogen-bond acceptors (Lipinski definition) is 7. The van der Waals surface area contributed by atoms with Crippen molar-refractivity contribution in [3.63, 3.8) is 0 Å². The van der Waals surface area contributed by atoms with Crippen LogP contribution >= 0.6 is 0 Å². The lowest BCUT2D eigenvalue weighted by atomic mass is 10.0. The first-order valence-electron chi connectivity index (χ1n) is 11.4. The Labute approximate surface area is 197 Å². The van der Waals surface area contributed by atoms with Crippen molar-refractivity contribution >= 4 is 22.4 Å². The predicted molar refractivity (Wildman–Crippen MR) is 128 cm³/mol. The largest absolute Gasteiger partial charge is 0.416 e. The number of anilines is 2. The molecule has 10 heteroatoms. The van der Waals surface area contributed by atoms with Crippen molar-refractivity contribution in [2.45, 2.75) is 40.0 Å². The minimum Gasteiger partial charge on any atom is -0.378 e. The van der Waals surface area contributed by atoms with Crippen LogP contribution in [0, 0.1) is 6.92 Å². The number of nitrogens with zero attached hydrogens (tertiary/aromatic N) is 4. The van der Waals surface area contributed by atoms with Gasteiger partial charge in [0, 0.05) is 43.1 Å². The number of alkyl halides is 3. The number of pyridine rings is 1. The van der Waals surface area contributed by atoms with Crippen LogP contribution in [-0.4, -0.2) is 48.5 Å². The van der Waals surface area contributed by atoms with Gasteiger partial charge in [-0.05, 0) is 37.2 Å². The lowest BCUT2D eigenvalue weighted by molar-refractivity contribution is -0.138. The van der Waals surface area contributed by atoms with Gasteiger partial charge < -0.3 is 20.3 Å². The first-order valence-corrected chi connectivity index (χ1v) is 11.4. The van der Waals surface area contributed by atoms with Crippen molar-refractivity contribution in [1.82, 2.24) is 20.5 Å². The van der Waals surface area contributed by atoms with Gasteiger partial charge in [-0.15, -0.1) is 5.10 Å². The van der Waals surface area contributed by atoms with Crippen LogP contribution < -0.4 is 15.5 Å². The van der Waals surface area contributed by atoms with E-state index in [2.05, 4.69) is 30.7 Å². The number of fused-ring (bicyclic) bond motifs is 1. The Morgan fingerprint density at radius 3 is 2.47 bits per heavy atom. The average Bonchev–Trinajstić information content (AvgIpc) is 2.85. The van der Waals surface area contributed by atoms with Gasteiger partial charge in [0.05, 0.1) is 24.5 Å². The van der Waals surface area contributed by atoms with E-state index in [0.29, 0.717) is 31.1 Å². The quantitative estimate of drug-likeness (QED) is 0.541. The van der Waals surface area contributed by atoms with Crippen LogP contribution in [0.1, 0.15) is 36.2 Å². The smallest absolute Gasteiger partial charge is 0.378 e. The second-order valence-corrected chi connectivity index (χ2v) is 7.65. The summed E-state index contributed by atoms with van der Waals surface area (Å²) in [6, 6.07) is 6.16. The lowest BCUT2D eigenvalue weighted by Gasteiger charge is -2.28. The van der Waals surface area contributed by atoms with Gasteiger partial charge in [0.1, 0.15) is 5.82 Å². The Kier molecular flexibility index (Phi) is 8.62. The molecule has 34 heavy (non-hydrogen) atoms. The molecule has 3 aromatic rings. The highest BCUT2D eigenvalue weighted by atomic mass is 19.4. The minimum atomic E-state index is -4.39. The van der Waals surface area contributed by atoms with Crippen molar-refractivity contribution in [1.29, 1.82) is 0 Å². The first kappa shape index (κ1) is 25.6. The molecule has 0 spiro atoms. The van der Waals surface area contributed by atoms with E-state index in [4.69, 9.17) is 4.74 Å². The summed E-state index contributed by atoms with van der Waals surface area (Å²) in [5, 5.41) is 16.6. The van der Waals surface area contributed by atoms with Crippen LogP contribution in [0.2, 0.25) is 0 Å². The highest BCUT2D eigenvalue weighted by molar-refractivity contribution is 5.94. The molecule has 1 aliphatic rings. The zero-order valence-electron chi connectivity index (χ0n) is 20.0. The molecular formula is C24H31F3N6O. The molecule has 1 aliphatic heterocycles. The van der Waals surface area contributed by atoms with Crippen molar-refractivity contribution < 1.29 is 17.9 Å². The average molecular weight is 477 g/mol. The topological polar surface area (TPSA) is 75.2 Å². The fraction of sp³-hybridized carbons (Fsp3) is 0.458. The molecule has 0 unspecified atom stereocenters. The summed E-state index contributed by atoms with van der Waals surface area (Å²) in [7, 11) is 1.83. The molecule has 1 aromatic carbocycles. The van der Waals surface area contributed by atoms with E-state index in [9.17, 15) is 13.2 Å². The maximum absolute atomic E-state index is 13.3. The number of rotatable bonds is 6. The van der Waals surface area contributed by atoms with Crippen molar-refractivity contribution in [3.8, 4) is 0 Å². The van der Waals surface area contributed by atoms with E-state index in [1.165, 1.54) is 13.0 Å². The fourth-order valence-corrected chi connectivity index (χ4v) is 3.84. The highest BCUT2D eigenvalue weighted by Crippen LogP contribution is 2.33. The standard InChI is InChI=1S/C22H25F3N6O.C2H6/c1-14-15(4-3-5-18(14)22(23,24)25)11-28-21-16-10-20(31-6-8-32-9-7-31)27-12-17(16)19(13-26-2)29-30-21;1-2/h3-5,10,12,26H,6-9,11,13H2,1-2H3,(H,28,30);1-2H3. The van der Waals surface area contributed by atoms with Gasteiger partial charge >= 0.3 is 6.18 Å². The Morgan fingerprint density at radius 2 is 1.79 bits per heavy atom. The molecule has 0 amide bonds. The third-order valence-electron chi connectivity index (χ3n) is 5.60. The highest BCUT2D eigenvalue weighted by Gasteiger charge is 2.32. The fourth-order valence-electron chi connectivity index (χ4n) is 3.84. The van der Waals surface area contributed by atoms with E-state index in [-0.39, 0.29) is 12.1 Å². The summed E-state index contributed by atoms with van der Waals surface area (Å²) in [5.74, 6) is 1.32. The summed E-state index contributed by atoms with van der Waals surface area (Å²) in [5.41, 5.74) is 0.879. The van der Waals surface area contributed by atoms with Crippen LogP contribution in [0.4, 0.5) is 24.8 Å². The number of aromatic nitrogens is 3. The predicted octanol–water partition coefficient (Wildman–Crippen LogP) is 4.55. The Morgan fingerprint density at radius 1 is 1.06 bits per heavy atom. The van der Waals surface area contributed by atoms with Crippen molar-refractivity contribution in [2.24, 2.45) is 0 Å². The van der Waals surface area contributed by atoms with Gasteiger partial charge in [0.2, 0.25) is 0 Å². The molecule has 1 fully saturated rings. The summed E-state index contributed by atoms with van der Waals surface area (Å²) in [6.45, 7) is 8.97. The normalized spacial score (nSPS) is 14.0. The molecule has 2 aromatic heterocycles. The summed E-state index contributed by atoms with van der Waals surface area (Å²) in [4.78, 5) is 6.75. The maximum Gasteiger partial charge on any atom is 0.416 e. The monoisotopic (exact) mass is 476 g/mol. The van der Waals surface area contributed by atoms with E-state index >= 15 is 0 Å². The van der Waals surface area contributed by atoms with E-state index < -0.39 is 11.7 Å². The van der Waals surface area contributed by atoms with Crippen LogP contribution in [0.5, 0.6) is 0 Å². The van der Waals surface area contributed by atoms with Crippen LogP contribution in [0.25, 0.3) is 10.8 Å². The maximum atomic E-state index is 13.3. The minimum absolute atomic E-state index is 0.195. The second-order valence-electron chi connectivity index (χ2n) is 7.65. The van der Waals surface area contributed by atoms with E-state index in [1.807, 2.05) is 27.0 Å². The summed E-state index contributed by atoms with van der Waals surface area (Å²) < 4.78 is 45.2. The van der Waals surface area contributed by atoms with Gasteiger partial charge in [0.15, 0.2) is 5.82 Å². The number of benzene rings is 1. The van der Waals surface area contributed by atoms with Gasteiger partial charge in [-0.2, -0.15) is 18.3 Å². The Bertz CT molecular complexity index is 1100. The molecule has 0 atom stereocenters. The summed E-state index contributed by atoms with van der Waals surface area (Å²) in [6.07, 6.45) is -2.61. The SMILES string of the molecule is CC.CNCc1nnc(NCc2cccc(C(F)(F)F)c2C)c2cc(N3CCOCC3)ncc12. The number of halogens is 3. The number of hydrogen-bond donors (Lipinski definition) is 2. The Hall–Kier alpha value is -2.98. The molecule has 7 nitrogen and oxygen atoms in total. The lowest BCUT2D eigenvalue weighted by Crippen LogP contribution is -2.36. The van der Waals surface area contributed by atoms with E-state index in [1.54, 1.807) is 12.3 Å². The molecule has 2 N–H and O–H groups in total. The van der Waals surface area contributed by atoms with Gasteiger partial charge in [-0.25, -0.2) is 4.98 Å². The summed E-state index contributed by atoms with van der Waals surface area (Å²) >= 11 is 0. The molecule has 3 heterocycles. The van der Waals surface area contributed by atoms with Crippen molar-refractivity contribution in [2.75, 3.05) is 43.6 Å². The molecule has 1 saturated heterocycles. The molecule has 0 bridgehead atoms. The third kappa shape index (κ3) is 5.74. The number of morpholine rings is 1. The van der Waals surface area contributed by atoms with Crippen LogP contribution in [-0.2, 0) is 24.0 Å². The third-order valence-corrected chi connectivity index (χ3v) is 5.60. The molecule has 184 valence electrons. The molecule has 0 radical (unpaired) electrons. The van der Waals surface area contributed by atoms with Crippen molar-refractivity contribution in [3.05, 3.63) is 52.8 Å². The zero-order valence-corrected chi connectivity index (χ0v) is 20.0. The molecule has 0 aliphatic carbocycles. The first-order chi connectivity index (χ1) is 16.4. The Balaban J connectivity index is 0.00000158. The van der Waals surface area contributed by atoms with Gasteiger partial charge in [-0.3, -0.25) is 0 Å². The van der Waals surface area contributed by atoms with Gasteiger partial charge in [-0.1, -0.05) is 26.0 Å². The second kappa shape index (κ2) is 11.4. The zero-order chi connectivity index (χ0) is 24.7. The molecule has 4 rings (SSSR count). The van der Waals surface area contributed by atoms with Crippen LogP contribution in [0.15, 0.2) is 30.5 Å². The van der Waals surface area contributed by atoms with E-state index in [0.717, 1.165) is 41.4 Å². The molecule has 0 saturated carbocycles. The number of nitrogens with one attached hydrogen (secondary N) is 2. The van der Waals surface area contributed by atoms with Gasteiger partial charge in [0.25, 0.3) is 0 Å².